The molecule has 1 aliphatic carbocycles. The van der Waals surface area contributed by atoms with Gasteiger partial charge in [0.2, 0.25) is 0 Å². The number of halogens is 1. The van der Waals surface area contributed by atoms with Crippen molar-refractivity contribution in [1.82, 2.24) is 0 Å². The van der Waals surface area contributed by atoms with Crippen LogP contribution in [0.2, 0.25) is 0 Å². The molecule has 0 saturated heterocycles. The van der Waals surface area contributed by atoms with Gasteiger partial charge in [0, 0.05) is 11.3 Å². The zero-order valence-electron chi connectivity index (χ0n) is 30.9. The van der Waals surface area contributed by atoms with Gasteiger partial charge in [-0.15, -0.1) is 0 Å². The summed E-state index contributed by atoms with van der Waals surface area (Å²) in [5, 5.41) is 5.07. The summed E-state index contributed by atoms with van der Waals surface area (Å²) in [6, 6.07) is 69.2. The van der Waals surface area contributed by atoms with Gasteiger partial charge in [0.15, 0.2) is 0 Å². The largest absolute Gasteiger partial charge is 0.207 e. The van der Waals surface area contributed by atoms with Crippen molar-refractivity contribution in [2.75, 3.05) is 0 Å². The number of hydrogen-bond donors (Lipinski definition) is 0. The molecule has 262 valence electrons. The Hall–Kier alpha value is -6.57. The Labute approximate surface area is 322 Å². The van der Waals surface area contributed by atoms with Crippen LogP contribution in [0.15, 0.2) is 194 Å². The highest BCUT2D eigenvalue weighted by atomic mass is 19.1. The first-order valence-electron chi connectivity index (χ1n) is 19.1. The molecule has 0 radical (unpaired) electrons. The van der Waals surface area contributed by atoms with Crippen LogP contribution in [0.5, 0.6) is 0 Å². The number of rotatable bonds is 6. The standard InChI is InChI=1S/C54H39F/c1-54(2)49-34-31-38-13-6-7-16-46(38)52(49)48-20-10-19-47(53(48)54)50(41-25-21-35(22-26-41)36-29-32-43(55)33-30-36)42-27-23-39(24-28-42)45-18-9-15-40-14-8-17-44(51(40)45)37-11-4-3-5-12-37/h3-34,50H,1-2H3. The molecule has 0 fully saturated rings. The average molecular weight is 707 g/mol. The molecule has 0 saturated carbocycles. The van der Waals surface area contributed by atoms with Gasteiger partial charge in [-0.1, -0.05) is 196 Å². The first-order valence-corrected chi connectivity index (χ1v) is 19.1. The Bertz CT molecular complexity index is 2860. The molecule has 0 heterocycles. The molecule has 9 aromatic rings. The topological polar surface area (TPSA) is 0 Å². The summed E-state index contributed by atoms with van der Waals surface area (Å²) < 4.78 is 13.8. The first kappa shape index (κ1) is 33.0. The summed E-state index contributed by atoms with van der Waals surface area (Å²) in [6.07, 6.45) is 0. The third-order valence-corrected chi connectivity index (χ3v) is 11.9. The fourth-order valence-corrected chi connectivity index (χ4v) is 9.29. The SMILES string of the molecule is CC1(C)c2ccc3ccccc3c2-c2cccc(C(c3ccc(-c4ccc(F)cc4)cc3)c3ccc(-c4cccc5cccc(-c6ccccc6)c45)cc3)c21. The summed E-state index contributed by atoms with van der Waals surface area (Å²) in [5.74, 6) is -0.239. The van der Waals surface area contributed by atoms with Crippen LogP contribution in [0.3, 0.4) is 0 Å². The van der Waals surface area contributed by atoms with E-state index < -0.39 is 0 Å². The second-order valence-corrected chi connectivity index (χ2v) is 15.4. The maximum absolute atomic E-state index is 13.8. The highest BCUT2D eigenvalue weighted by Gasteiger charge is 2.40. The van der Waals surface area contributed by atoms with Crippen LogP contribution in [-0.4, -0.2) is 0 Å². The van der Waals surface area contributed by atoms with Crippen LogP contribution in [0.25, 0.3) is 66.1 Å². The summed E-state index contributed by atoms with van der Waals surface area (Å²) in [7, 11) is 0. The summed E-state index contributed by atoms with van der Waals surface area (Å²) >= 11 is 0. The van der Waals surface area contributed by atoms with E-state index in [9.17, 15) is 4.39 Å². The van der Waals surface area contributed by atoms with Gasteiger partial charge in [-0.3, -0.25) is 0 Å². The third-order valence-electron chi connectivity index (χ3n) is 11.9. The highest BCUT2D eigenvalue weighted by molar-refractivity contribution is 6.06. The Morgan fingerprint density at radius 1 is 0.418 bits per heavy atom. The van der Waals surface area contributed by atoms with E-state index in [0.29, 0.717) is 0 Å². The molecule has 1 heteroatoms. The molecule has 0 amide bonds. The van der Waals surface area contributed by atoms with E-state index in [1.165, 1.54) is 94.9 Å². The van der Waals surface area contributed by atoms with Crippen molar-refractivity contribution in [3.63, 3.8) is 0 Å². The predicted octanol–water partition coefficient (Wildman–Crippen LogP) is 14.6. The molecule has 9 aromatic carbocycles. The average Bonchev–Trinajstić information content (AvgIpc) is 3.48. The van der Waals surface area contributed by atoms with Crippen LogP contribution < -0.4 is 0 Å². The van der Waals surface area contributed by atoms with Gasteiger partial charge in [-0.2, -0.15) is 0 Å². The van der Waals surface area contributed by atoms with Gasteiger partial charge in [0.1, 0.15) is 5.82 Å². The van der Waals surface area contributed by atoms with Crippen molar-refractivity contribution < 1.29 is 4.39 Å². The van der Waals surface area contributed by atoms with Crippen LogP contribution in [0.1, 0.15) is 47.6 Å². The smallest absolute Gasteiger partial charge is 0.123 e. The van der Waals surface area contributed by atoms with Crippen LogP contribution in [0.4, 0.5) is 4.39 Å². The monoisotopic (exact) mass is 706 g/mol. The molecule has 1 unspecified atom stereocenters. The molecule has 0 aliphatic heterocycles. The molecule has 1 atom stereocenters. The highest BCUT2D eigenvalue weighted by Crippen LogP contribution is 2.54. The minimum atomic E-state index is -0.224. The van der Waals surface area contributed by atoms with Gasteiger partial charge in [-0.05, 0) is 106 Å². The maximum Gasteiger partial charge on any atom is 0.123 e. The van der Waals surface area contributed by atoms with Gasteiger partial charge < -0.3 is 0 Å². The Morgan fingerprint density at radius 3 is 1.62 bits per heavy atom. The van der Waals surface area contributed by atoms with Crippen molar-refractivity contribution in [1.29, 1.82) is 0 Å². The van der Waals surface area contributed by atoms with Crippen LogP contribution in [0, 0.1) is 5.82 Å². The van der Waals surface area contributed by atoms with E-state index in [-0.39, 0.29) is 17.2 Å². The van der Waals surface area contributed by atoms with E-state index in [1.807, 2.05) is 12.1 Å². The summed E-state index contributed by atoms with van der Waals surface area (Å²) in [6.45, 7) is 4.77. The minimum Gasteiger partial charge on any atom is -0.207 e. The second-order valence-electron chi connectivity index (χ2n) is 15.4. The molecule has 0 N–H and O–H groups in total. The summed E-state index contributed by atoms with van der Waals surface area (Å²) in [5.41, 5.74) is 16.0. The lowest BCUT2D eigenvalue weighted by Crippen LogP contribution is -2.19. The predicted molar refractivity (Wildman–Crippen MR) is 229 cm³/mol. The van der Waals surface area contributed by atoms with Gasteiger partial charge in [0.05, 0.1) is 0 Å². The minimum absolute atomic E-state index is 0.0153. The molecule has 0 nitrogen and oxygen atoms in total. The molecular formula is C54H39F. The van der Waals surface area contributed by atoms with E-state index in [4.69, 9.17) is 0 Å². The van der Waals surface area contributed by atoms with Crippen LogP contribution in [-0.2, 0) is 5.41 Å². The number of benzene rings is 9. The van der Waals surface area contributed by atoms with E-state index in [2.05, 4.69) is 184 Å². The third kappa shape index (κ3) is 5.50. The van der Waals surface area contributed by atoms with Crippen molar-refractivity contribution in [2.24, 2.45) is 0 Å². The molecular weight excluding hydrogens is 668 g/mol. The van der Waals surface area contributed by atoms with Crippen molar-refractivity contribution in [2.45, 2.75) is 25.2 Å². The normalized spacial score (nSPS) is 13.4. The summed E-state index contributed by atoms with van der Waals surface area (Å²) in [4.78, 5) is 0. The van der Waals surface area contributed by atoms with E-state index in [1.54, 1.807) is 0 Å². The molecule has 10 rings (SSSR count). The lowest BCUT2D eigenvalue weighted by molar-refractivity contribution is 0.628. The van der Waals surface area contributed by atoms with Gasteiger partial charge in [-0.25, -0.2) is 4.39 Å². The van der Waals surface area contributed by atoms with Crippen molar-refractivity contribution >= 4 is 21.5 Å². The zero-order chi connectivity index (χ0) is 37.1. The van der Waals surface area contributed by atoms with Gasteiger partial charge in [0.25, 0.3) is 0 Å². The molecule has 1 aliphatic rings. The Balaban J connectivity index is 1.14. The second kappa shape index (κ2) is 13.1. The Kier molecular flexibility index (Phi) is 7.85. The van der Waals surface area contributed by atoms with E-state index >= 15 is 0 Å². The van der Waals surface area contributed by atoms with E-state index in [0.717, 1.165) is 11.1 Å². The number of fused-ring (bicyclic) bond motifs is 6. The lowest BCUT2D eigenvalue weighted by Gasteiger charge is -2.29. The molecule has 0 spiro atoms. The number of hydrogen-bond acceptors (Lipinski definition) is 0. The van der Waals surface area contributed by atoms with Crippen molar-refractivity contribution in [3.8, 4) is 44.5 Å². The van der Waals surface area contributed by atoms with Crippen LogP contribution >= 0.6 is 0 Å². The quantitative estimate of drug-likeness (QED) is 0.151. The maximum atomic E-state index is 13.8. The first-order chi connectivity index (χ1) is 27.0. The lowest BCUT2D eigenvalue weighted by atomic mass is 9.74. The zero-order valence-corrected chi connectivity index (χ0v) is 30.9. The fraction of sp³-hybridized carbons (Fsp3) is 0.0741. The molecule has 0 aromatic heterocycles. The fourth-order valence-electron chi connectivity index (χ4n) is 9.29. The van der Waals surface area contributed by atoms with Gasteiger partial charge >= 0.3 is 0 Å². The van der Waals surface area contributed by atoms with Crippen molar-refractivity contribution in [3.05, 3.63) is 228 Å². The molecule has 55 heavy (non-hydrogen) atoms. The Morgan fingerprint density at radius 2 is 0.945 bits per heavy atom. The molecule has 0 bridgehead atoms.